The Morgan fingerprint density at radius 2 is 1.96 bits per heavy atom. The van der Waals surface area contributed by atoms with Crippen molar-refractivity contribution in [2.75, 3.05) is 18.8 Å². The standard InChI is InChI=1S/C16H21N3O3S/c1-5-12-10-15(13-8-6-7-9-14(13)17-12)18-23(21,22)11(2)16(20)19(3)4/h6-11H,5H2,1-4H3,(H,17,18). The number of rotatable bonds is 5. The zero-order valence-corrected chi connectivity index (χ0v) is 14.5. The number of hydrogen-bond donors (Lipinski definition) is 1. The SMILES string of the molecule is CCc1cc(NS(=O)(=O)C(C)C(=O)N(C)C)c2ccccc2n1. The summed E-state index contributed by atoms with van der Waals surface area (Å²) in [6, 6.07) is 9.03. The molecule has 0 fully saturated rings. The van der Waals surface area contributed by atoms with Crippen LogP contribution in [-0.4, -0.2) is 43.6 Å². The molecule has 7 heteroatoms. The highest BCUT2D eigenvalue weighted by atomic mass is 32.2. The van der Waals surface area contributed by atoms with Crippen molar-refractivity contribution in [3.05, 3.63) is 36.0 Å². The smallest absolute Gasteiger partial charge is 0.244 e. The van der Waals surface area contributed by atoms with Gasteiger partial charge in [-0.3, -0.25) is 14.5 Å². The van der Waals surface area contributed by atoms with Crippen LogP contribution in [0.3, 0.4) is 0 Å². The van der Waals surface area contributed by atoms with E-state index in [9.17, 15) is 13.2 Å². The average Bonchev–Trinajstić information content (AvgIpc) is 2.52. The van der Waals surface area contributed by atoms with Crippen molar-refractivity contribution in [1.29, 1.82) is 0 Å². The summed E-state index contributed by atoms with van der Waals surface area (Å²) in [6.45, 7) is 3.34. The molecule has 0 aliphatic carbocycles. The van der Waals surface area contributed by atoms with Gasteiger partial charge in [0.15, 0.2) is 5.25 Å². The summed E-state index contributed by atoms with van der Waals surface area (Å²) < 4.78 is 27.6. The van der Waals surface area contributed by atoms with Gasteiger partial charge in [-0.1, -0.05) is 25.1 Å². The molecule has 1 N–H and O–H groups in total. The van der Waals surface area contributed by atoms with Gasteiger partial charge in [-0.2, -0.15) is 0 Å². The number of benzene rings is 1. The van der Waals surface area contributed by atoms with Gasteiger partial charge in [0.2, 0.25) is 15.9 Å². The van der Waals surface area contributed by atoms with Gasteiger partial charge in [0, 0.05) is 25.2 Å². The quantitative estimate of drug-likeness (QED) is 0.906. The molecule has 124 valence electrons. The Kier molecular flexibility index (Phi) is 4.89. The number of fused-ring (bicyclic) bond motifs is 1. The van der Waals surface area contributed by atoms with Crippen LogP contribution in [0.25, 0.3) is 10.9 Å². The summed E-state index contributed by atoms with van der Waals surface area (Å²) >= 11 is 0. The summed E-state index contributed by atoms with van der Waals surface area (Å²) in [6.07, 6.45) is 0.686. The molecule has 23 heavy (non-hydrogen) atoms. The van der Waals surface area contributed by atoms with E-state index in [1.807, 2.05) is 25.1 Å². The minimum atomic E-state index is -3.84. The molecule has 0 radical (unpaired) electrons. The van der Waals surface area contributed by atoms with Crippen LogP contribution in [0.2, 0.25) is 0 Å². The number of nitrogens with one attached hydrogen (secondary N) is 1. The van der Waals surface area contributed by atoms with Crippen molar-refractivity contribution in [3.63, 3.8) is 0 Å². The Bertz CT molecular complexity index is 832. The number of amides is 1. The van der Waals surface area contributed by atoms with E-state index in [0.717, 1.165) is 11.2 Å². The molecular weight excluding hydrogens is 314 g/mol. The largest absolute Gasteiger partial charge is 0.348 e. The topological polar surface area (TPSA) is 79.4 Å². The molecule has 1 aromatic carbocycles. The van der Waals surface area contributed by atoms with Crippen molar-refractivity contribution in [3.8, 4) is 0 Å². The minimum Gasteiger partial charge on any atom is -0.348 e. The third kappa shape index (κ3) is 3.61. The second-order valence-electron chi connectivity index (χ2n) is 5.55. The first-order valence-corrected chi connectivity index (χ1v) is 8.92. The lowest BCUT2D eigenvalue weighted by molar-refractivity contribution is -0.127. The third-order valence-electron chi connectivity index (χ3n) is 3.64. The molecule has 2 aromatic rings. The summed E-state index contributed by atoms with van der Waals surface area (Å²) in [7, 11) is -0.777. The van der Waals surface area contributed by atoms with Gasteiger partial charge < -0.3 is 4.90 Å². The van der Waals surface area contributed by atoms with Crippen LogP contribution < -0.4 is 4.72 Å². The Morgan fingerprint density at radius 1 is 1.30 bits per heavy atom. The summed E-state index contributed by atoms with van der Waals surface area (Å²) in [5, 5.41) is -0.465. The van der Waals surface area contributed by atoms with Crippen LogP contribution >= 0.6 is 0 Å². The number of anilines is 1. The van der Waals surface area contributed by atoms with Gasteiger partial charge in [-0.15, -0.1) is 0 Å². The molecule has 1 unspecified atom stereocenters. The normalized spacial score (nSPS) is 12.9. The molecule has 0 saturated heterocycles. The van der Waals surface area contributed by atoms with Gasteiger partial charge in [0.05, 0.1) is 11.2 Å². The van der Waals surface area contributed by atoms with Gasteiger partial charge in [0.1, 0.15) is 0 Å². The van der Waals surface area contributed by atoms with Gasteiger partial charge in [-0.05, 0) is 25.5 Å². The zero-order chi connectivity index (χ0) is 17.2. The first kappa shape index (κ1) is 17.2. The molecule has 6 nitrogen and oxygen atoms in total. The van der Waals surface area contributed by atoms with Gasteiger partial charge >= 0.3 is 0 Å². The van der Waals surface area contributed by atoms with Crippen LogP contribution in [0.5, 0.6) is 0 Å². The number of aryl methyl sites for hydroxylation is 1. The van der Waals surface area contributed by atoms with Crippen LogP contribution in [0.1, 0.15) is 19.5 Å². The summed E-state index contributed by atoms with van der Waals surface area (Å²) in [5.41, 5.74) is 1.95. The molecule has 1 heterocycles. The summed E-state index contributed by atoms with van der Waals surface area (Å²) in [4.78, 5) is 17.7. The highest BCUT2D eigenvalue weighted by molar-refractivity contribution is 7.94. The molecule has 0 spiro atoms. The number of para-hydroxylation sites is 1. The first-order valence-electron chi connectivity index (χ1n) is 7.37. The van der Waals surface area contributed by atoms with E-state index in [1.54, 1.807) is 12.1 Å². The molecule has 0 saturated carbocycles. The van der Waals surface area contributed by atoms with Crippen molar-refractivity contribution >= 4 is 32.5 Å². The highest BCUT2D eigenvalue weighted by Crippen LogP contribution is 2.25. The number of hydrogen-bond acceptors (Lipinski definition) is 4. The highest BCUT2D eigenvalue weighted by Gasteiger charge is 2.29. The molecule has 1 aromatic heterocycles. The Balaban J connectivity index is 2.47. The monoisotopic (exact) mass is 335 g/mol. The van der Waals surface area contributed by atoms with Gasteiger partial charge in [0.25, 0.3) is 0 Å². The van der Waals surface area contributed by atoms with E-state index in [2.05, 4.69) is 9.71 Å². The second-order valence-corrected chi connectivity index (χ2v) is 7.56. The van der Waals surface area contributed by atoms with E-state index in [0.29, 0.717) is 17.5 Å². The second kappa shape index (κ2) is 6.54. The zero-order valence-electron chi connectivity index (χ0n) is 13.7. The number of carbonyl (C=O) groups is 1. The lowest BCUT2D eigenvalue weighted by Gasteiger charge is -2.19. The maximum atomic E-state index is 12.5. The van der Waals surface area contributed by atoms with Crippen molar-refractivity contribution in [2.45, 2.75) is 25.5 Å². The van der Waals surface area contributed by atoms with Crippen LogP contribution in [0, 0.1) is 0 Å². The minimum absolute atomic E-state index is 0.450. The fourth-order valence-corrected chi connectivity index (χ4v) is 3.36. The van der Waals surface area contributed by atoms with E-state index in [1.165, 1.54) is 25.9 Å². The number of aromatic nitrogens is 1. The average molecular weight is 335 g/mol. The third-order valence-corrected chi connectivity index (χ3v) is 5.27. The fraction of sp³-hybridized carbons (Fsp3) is 0.375. The fourth-order valence-electron chi connectivity index (χ4n) is 2.23. The van der Waals surface area contributed by atoms with Crippen LogP contribution in [0.4, 0.5) is 5.69 Å². The molecule has 1 amide bonds. The van der Waals surface area contributed by atoms with Crippen molar-refractivity contribution in [2.24, 2.45) is 0 Å². The lowest BCUT2D eigenvalue weighted by Crippen LogP contribution is -2.39. The molecule has 0 bridgehead atoms. The van der Waals surface area contributed by atoms with Crippen molar-refractivity contribution in [1.82, 2.24) is 9.88 Å². The summed E-state index contributed by atoms with van der Waals surface area (Å²) in [5.74, 6) is -0.466. The Labute approximate surface area is 136 Å². The van der Waals surface area contributed by atoms with E-state index in [-0.39, 0.29) is 0 Å². The van der Waals surface area contributed by atoms with E-state index < -0.39 is 21.2 Å². The first-order chi connectivity index (χ1) is 10.8. The number of sulfonamides is 1. The van der Waals surface area contributed by atoms with Crippen molar-refractivity contribution < 1.29 is 13.2 Å². The lowest BCUT2D eigenvalue weighted by atomic mass is 10.1. The molecule has 0 aliphatic rings. The maximum Gasteiger partial charge on any atom is 0.244 e. The predicted molar refractivity (Wildman–Crippen MR) is 91.8 cm³/mol. The number of carbonyl (C=O) groups excluding carboxylic acids is 1. The van der Waals surface area contributed by atoms with Crippen LogP contribution in [-0.2, 0) is 21.2 Å². The molecule has 2 rings (SSSR count). The Morgan fingerprint density at radius 3 is 2.57 bits per heavy atom. The maximum absolute atomic E-state index is 12.5. The molecule has 0 aliphatic heterocycles. The molecular formula is C16H21N3O3S. The number of pyridine rings is 1. The number of nitrogens with zero attached hydrogens (tertiary/aromatic N) is 2. The van der Waals surface area contributed by atoms with Crippen LogP contribution in [0.15, 0.2) is 30.3 Å². The van der Waals surface area contributed by atoms with E-state index in [4.69, 9.17) is 0 Å². The molecule has 1 atom stereocenters. The Hall–Kier alpha value is -2.15. The predicted octanol–water partition coefficient (Wildman–Crippen LogP) is 2.02. The van der Waals surface area contributed by atoms with Gasteiger partial charge in [-0.25, -0.2) is 8.42 Å². The van der Waals surface area contributed by atoms with E-state index >= 15 is 0 Å².